The van der Waals surface area contributed by atoms with E-state index in [-0.39, 0.29) is 31.2 Å². The Hall–Kier alpha value is -3.74. The molecule has 0 saturated carbocycles. The van der Waals surface area contributed by atoms with Gasteiger partial charge in [-0.25, -0.2) is 13.6 Å². The van der Waals surface area contributed by atoms with Gasteiger partial charge in [0.05, 0.1) is 5.92 Å². The lowest BCUT2D eigenvalue weighted by atomic mass is 9.88. The van der Waals surface area contributed by atoms with Crippen LogP contribution in [0.2, 0.25) is 0 Å². The summed E-state index contributed by atoms with van der Waals surface area (Å²) in [5, 5.41) is 9.64. The number of likely N-dealkylation sites (tertiary alicyclic amines) is 1. The maximum Gasteiger partial charge on any atom is 0.409 e. The highest BCUT2D eigenvalue weighted by atomic mass is 19.1. The number of ether oxygens (including phenoxy) is 1. The molecular formula is C26H21F2NO4. The Balaban J connectivity index is 1.33. The summed E-state index contributed by atoms with van der Waals surface area (Å²) in [7, 11) is 0. The number of carboxylic acids is 1. The minimum absolute atomic E-state index is 0.0177. The number of halogens is 2. The molecule has 0 aromatic heterocycles. The number of rotatable bonds is 4. The van der Waals surface area contributed by atoms with E-state index in [2.05, 4.69) is 0 Å². The van der Waals surface area contributed by atoms with Crippen molar-refractivity contribution in [3.8, 4) is 11.1 Å². The van der Waals surface area contributed by atoms with Gasteiger partial charge in [0.15, 0.2) is 0 Å². The molecule has 1 fully saturated rings. The minimum Gasteiger partial charge on any atom is -0.481 e. The monoisotopic (exact) mass is 449 g/mol. The molecule has 1 aliphatic carbocycles. The molecule has 1 heterocycles. The first-order chi connectivity index (χ1) is 15.9. The van der Waals surface area contributed by atoms with Crippen LogP contribution in [-0.2, 0) is 9.53 Å². The predicted octanol–water partition coefficient (Wildman–Crippen LogP) is 5.01. The first kappa shape index (κ1) is 21.1. The van der Waals surface area contributed by atoms with Gasteiger partial charge in [-0.2, -0.15) is 0 Å². The SMILES string of the molecule is O=C(O)C1CN(C(=O)OCC2c3ccccc3-c3ccccc32)CC1c1ccc(F)cc1F. The normalized spacial score (nSPS) is 19.3. The molecule has 0 spiro atoms. The molecule has 2 aliphatic rings. The Morgan fingerprint density at radius 3 is 2.15 bits per heavy atom. The highest BCUT2D eigenvalue weighted by molar-refractivity contribution is 5.79. The van der Waals surface area contributed by atoms with Crippen LogP contribution < -0.4 is 0 Å². The summed E-state index contributed by atoms with van der Waals surface area (Å²) in [5.74, 6) is -4.62. The molecule has 1 aliphatic heterocycles. The van der Waals surface area contributed by atoms with Gasteiger partial charge in [-0.3, -0.25) is 4.79 Å². The third-order valence-electron chi connectivity index (χ3n) is 6.59. The molecule has 33 heavy (non-hydrogen) atoms. The van der Waals surface area contributed by atoms with E-state index in [1.165, 1.54) is 11.0 Å². The zero-order valence-electron chi connectivity index (χ0n) is 17.6. The van der Waals surface area contributed by atoms with E-state index < -0.39 is 35.5 Å². The van der Waals surface area contributed by atoms with E-state index in [9.17, 15) is 23.5 Å². The smallest absolute Gasteiger partial charge is 0.409 e. The number of fused-ring (bicyclic) bond motifs is 3. The second-order valence-corrected chi connectivity index (χ2v) is 8.43. The molecule has 5 rings (SSSR count). The molecular weight excluding hydrogens is 428 g/mol. The largest absolute Gasteiger partial charge is 0.481 e. The van der Waals surface area contributed by atoms with Gasteiger partial charge in [0, 0.05) is 31.0 Å². The fraction of sp³-hybridized carbons (Fsp3) is 0.231. The van der Waals surface area contributed by atoms with Gasteiger partial charge in [-0.15, -0.1) is 0 Å². The van der Waals surface area contributed by atoms with Crippen molar-refractivity contribution in [2.75, 3.05) is 19.7 Å². The third kappa shape index (κ3) is 3.73. The highest BCUT2D eigenvalue weighted by Gasteiger charge is 2.42. The van der Waals surface area contributed by atoms with Crippen molar-refractivity contribution in [3.05, 3.63) is 95.1 Å². The summed E-state index contributed by atoms with van der Waals surface area (Å²) < 4.78 is 33.3. The molecule has 5 nitrogen and oxygen atoms in total. The number of carbonyl (C=O) groups is 2. The molecule has 7 heteroatoms. The zero-order chi connectivity index (χ0) is 23.1. The van der Waals surface area contributed by atoms with Crippen LogP contribution in [0.5, 0.6) is 0 Å². The van der Waals surface area contributed by atoms with Crippen LogP contribution in [0.25, 0.3) is 11.1 Å². The quantitative estimate of drug-likeness (QED) is 0.608. The van der Waals surface area contributed by atoms with Gasteiger partial charge in [0.25, 0.3) is 0 Å². The van der Waals surface area contributed by atoms with E-state index in [1.807, 2.05) is 48.5 Å². The van der Waals surface area contributed by atoms with Crippen molar-refractivity contribution in [2.24, 2.45) is 5.92 Å². The fourth-order valence-electron chi connectivity index (χ4n) is 5.01. The van der Waals surface area contributed by atoms with E-state index in [0.29, 0.717) is 0 Å². The van der Waals surface area contributed by atoms with Crippen LogP contribution in [0, 0.1) is 17.6 Å². The van der Waals surface area contributed by atoms with Crippen LogP contribution in [0.15, 0.2) is 66.7 Å². The number of amides is 1. The van der Waals surface area contributed by atoms with Crippen LogP contribution in [0.4, 0.5) is 13.6 Å². The number of aliphatic carboxylic acids is 1. The van der Waals surface area contributed by atoms with Crippen molar-refractivity contribution in [2.45, 2.75) is 11.8 Å². The Labute approximate surface area is 189 Å². The molecule has 2 unspecified atom stereocenters. The lowest BCUT2D eigenvalue weighted by molar-refractivity contribution is -0.141. The molecule has 1 amide bonds. The fourth-order valence-corrected chi connectivity index (χ4v) is 5.01. The lowest BCUT2D eigenvalue weighted by Crippen LogP contribution is -2.31. The van der Waals surface area contributed by atoms with Crippen LogP contribution in [0.1, 0.15) is 28.5 Å². The van der Waals surface area contributed by atoms with Crippen molar-refractivity contribution in [1.29, 1.82) is 0 Å². The van der Waals surface area contributed by atoms with Crippen molar-refractivity contribution >= 4 is 12.1 Å². The number of hydrogen-bond acceptors (Lipinski definition) is 3. The van der Waals surface area contributed by atoms with Gasteiger partial charge in [-0.05, 0) is 33.9 Å². The lowest BCUT2D eigenvalue weighted by Gasteiger charge is -2.19. The van der Waals surface area contributed by atoms with E-state index >= 15 is 0 Å². The highest BCUT2D eigenvalue weighted by Crippen LogP contribution is 2.44. The Bertz CT molecular complexity index is 1200. The van der Waals surface area contributed by atoms with Crippen molar-refractivity contribution in [1.82, 2.24) is 4.90 Å². The summed E-state index contributed by atoms with van der Waals surface area (Å²) in [4.78, 5) is 26.0. The second-order valence-electron chi connectivity index (χ2n) is 8.43. The Morgan fingerprint density at radius 2 is 1.55 bits per heavy atom. The maximum atomic E-state index is 14.3. The van der Waals surface area contributed by atoms with E-state index in [1.54, 1.807) is 0 Å². The first-order valence-corrected chi connectivity index (χ1v) is 10.7. The number of carbonyl (C=O) groups excluding carboxylic acids is 1. The number of benzene rings is 3. The summed E-state index contributed by atoms with van der Waals surface area (Å²) in [6.07, 6.45) is -0.645. The third-order valence-corrected chi connectivity index (χ3v) is 6.59. The molecule has 3 aromatic rings. The molecule has 168 valence electrons. The first-order valence-electron chi connectivity index (χ1n) is 10.7. The van der Waals surface area contributed by atoms with Crippen LogP contribution in [-0.4, -0.2) is 41.8 Å². The predicted molar refractivity (Wildman–Crippen MR) is 117 cm³/mol. The zero-order valence-corrected chi connectivity index (χ0v) is 17.6. The molecule has 1 saturated heterocycles. The molecule has 1 N–H and O–H groups in total. The summed E-state index contributed by atoms with van der Waals surface area (Å²) in [6, 6.07) is 19.0. The number of hydrogen-bond donors (Lipinski definition) is 1. The molecule has 0 radical (unpaired) electrons. The summed E-state index contributed by atoms with van der Waals surface area (Å²) >= 11 is 0. The molecule has 3 aromatic carbocycles. The molecule has 0 bridgehead atoms. The average Bonchev–Trinajstić information content (AvgIpc) is 3.38. The van der Waals surface area contributed by atoms with Gasteiger partial charge in [0.1, 0.15) is 18.2 Å². The minimum atomic E-state index is -1.14. The summed E-state index contributed by atoms with van der Waals surface area (Å²) in [5.41, 5.74) is 4.43. The van der Waals surface area contributed by atoms with Crippen molar-refractivity contribution in [3.63, 3.8) is 0 Å². The Morgan fingerprint density at radius 1 is 0.909 bits per heavy atom. The van der Waals surface area contributed by atoms with E-state index in [4.69, 9.17) is 4.74 Å². The molecule has 2 atom stereocenters. The van der Waals surface area contributed by atoms with Gasteiger partial charge >= 0.3 is 12.1 Å². The van der Waals surface area contributed by atoms with Gasteiger partial charge in [0.2, 0.25) is 0 Å². The standard InChI is InChI=1S/C26H21F2NO4/c27-15-9-10-20(24(28)11-15)21-12-29(13-22(21)25(30)31)26(32)33-14-23-18-7-3-1-5-16(18)17-6-2-4-8-19(17)23/h1-11,21-23H,12-14H2,(H,30,31). The topological polar surface area (TPSA) is 66.8 Å². The maximum absolute atomic E-state index is 14.3. The van der Waals surface area contributed by atoms with Crippen molar-refractivity contribution < 1.29 is 28.2 Å². The van der Waals surface area contributed by atoms with E-state index in [0.717, 1.165) is 34.4 Å². The van der Waals surface area contributed by atoms with Gasteiger partial charge in [-0.1, -0.05) is 54.6 Å². The van der Waals surface area contributed by atoms with Crippen LogP contribution in [0.3, 0.4) is 0 Å². The summed E-state index contributed by atoms with van der Waals surface area (Å²) in [6.45, 7) is -0.0135. The van der Waals surface area contributed by atoms with Gasteiger partial charge < -0.3 is 14.7 Å². The average molecular weight is 449 g/mol. The number of carboxylic acid groups (broad SMARTS) is 1. The second kappa shape index (κ2) is 8.31. The number of nitrogens with zero attached hydrogens (tertiary/aromatic N) is 1. The Kier molecular flexibility index (Phi) is 5.32. The van der Waals surface area contributed by atoms with Crippen LogP contribution >= 0.6 is 0 Å².